The number of rotatable bonds is 4. The van der Waals surface area contributed by atoms with Crippen molar-refractivity contribution in [3.8, 4) is 6.08 Å². The van der Waals surface area contributed by atoms with Crippen LogP contribution in [0.3, 0.4) is 0 Å². The molecule has 0 saturated carbocycles. The molecule has 0 fully saturated rings. The average molecular weight is 223 g/mol. The molecule has 16 heavy (non-hydrogen) atoms. The summed E-state index contributed by atoms with van der Waals surface area (Å²) in [5.74, 6) is 1.16. The fraction of sp³-hybridized carbons (Fsp3) is 0.583. The van der Waals surface area contributed by atoms with Crippen LogP contribution in [0.25, 0.3) is 0 Å². The number of hydrogen-bond donors (Lipinski definition) is 1. The SMILES string of the molecule is CC1CC=CCC1COc1nc(CO)co1. The quantitative estimate of drug-likeness (QED) is 0.794. The van der Waals surface area contributed by atoms with Gasteiger partial charge < -0.3 is 14.3 Å². The molecule has 0 aliphatic heterocycles. The molecule has 2 unspecified atom stereocenters. The lowest BCUT2D eigenvalue weighted by Crippen LogP contribution is -2.21. The first-order valence-corrected chi connectivity index (χ1v) is 5.62. The van der Waals surface area contributed by atoms with Gasteiger partial charge in [0.15, 0.2) is 0 Å². The third-order valence-electron chi connectivity index (χ3n) is 3.03. The van der Waals surface area contributed by atoms with Crippen LogP contribution in [0.1, 0.15) is 25.5 Å². The molecule has 0 bridgehead atoms. The zero-order valence-electron chi connectivity index (χ0n) is 9.43. The molecule has 0 spiro atoms. The highest BCUT2D eigenvalue weighted by molar-refractivity contribution is 4.99. The van der Waals surface area contributed by atoms with Crippen molar-refractivity contribution in [2.24, 2.45) is 11.8 Å². The minimum atomic E-state index is -0.116. The molecule has 1 aliphatic carbocycles. The van der Waals surface area contributed by atoms with E-state index >= 15 is 0 Å². The van der Waals surface area contributed by atoms with E-state index < -0.39 is 0 Å². The summed E-state index contributed by atoms with van der Waals surface area (Å²) in [5.41, 5.74) is 0.506. The number of nitrogens with zero attached hydrogens (tertiary/aromatic N) is 1. The van der Waals surface area contributed by atoms with E-state index in [4.69, 9.17) is 14.3 Å². The van der Waals surface area contributed by atoms with Gasteiger partial charge in [-0.05, 0) is 24.7 Å². The van der Waals surface area contributed by atoms with Crippen LogP contribution in [0.5, 0.6) is 6.08 Å². The summed E-state index contributed by atoms with van der Waals surface area (Å²) in [6.45, 7) is 2.73. The van der Waals surface area contributed by atoms with Gasteiger partial charge in [0.05, 0.1) is 13.2 Å². The molecule has 4 nitrogen and oxygen atoms in total. The Balaban J connectivity index is 1.84. The van der Waals surface area contributed by atoms with Crippen molar-refractivity contribution in [1.29, 1.82) is 0 Å². The highest BCUT2D eigenvalue weighted by Gasteiger charge is 2.19. The van der Waals surface area contributed by atoms with Gasteiger partial charge in [-0.1, -0.05) is 19.1 Å². The van der Waals surface area contributed by atoms with Crippen molar-refractivity contribution < 1.29 is 14.3 Å². The number of aliphatic hydroxyl groups is 1. The van der Waals surface area contributed by atoms with Gasteiger partial charge in [0.2, 0.25) is 0 Å². The molecule has 1 N–H and O–H groups in total. The number of oxazole rings is 1. The van der Waals surface area contributed by atoms with E-state index in [2.05, 4.69) is 24.1 Å². The Morgan fingerprint density at radius 1 is 1.50 bits per heavy atom. The topological polar surface area (TPSA) is 55.5 Å². The minimum absolute atomic E-state index is 0.116. The first-order valence-electron chi connectivity index (χ1n) is 5.62. The van der Waals surface area contributed by atoms with Crippen LogP contribution >= 0.6 is 0 Å². The van der Waals surface area contributed by atoms with Crippen molar-refractivity contribution >= 4 is 0 Å². The molecule has 0 radical (unpaired) electrons. The number of aromatic nitrogens is 1. The molecule has 0 aromatic carbocycles. The Kier molecular flexibility index (Phi) is 3.62. The van der Waals surface area contributed by atoms with E-state index in [1.165, 1.54) is 6.26 Å². The largest absolute Gasteiger partial charge is 0.450 e. The lowest BCUT2D eigenvalue weighted by Gasteiger charge is -2.24. The maximum atomic E-state index is 8.82. The van der Waals surface area contributed by atoms with Crippen molar-refractivity contribution in [1.82, 2.24) is 4.98 Å². The summed E-state index contributed by atoms with van der Waals surface area (Å²) in [7, 11) is 0. The highest BCUT2D eigenvalue weighted by atomic mass is 16.6. The normalized spacial score (nSPS) is 24.6. The lowest BCUT2D eigenvalue weighted by molar-refractivity contribution is 0.157. The van der Waals surface area contributed by atoms with Gasteiger partial charge in [0.1, 0.15) is 12.0 Å². The van der Waals surface area contributed by atoms with Gasteiger partial charge in [-0.2, -0.15) is 4.98 Å². The maximum absolute atomic E-state index is 8.82. The Morgan fingerprint density at radius 3 is 3.00 bits per heavy atom. The summed E-state index contributed by atoms with van der Waals surface area (Å²) in [6.07, 6.45) is 8.25. The van der Waals surface area contributed by atoms with Crippen molar-refractivity contribution in [2.45, 2.75) is 26.4 Å². The molecule has 4 heteroatoms. The smallest absolute Gasteiger partial charge is 0.393 e. The molecule has 2 atom stereocenters. The van der Waals surface area contributed by atoms with Gasteiger partial charge in [-0.3, -0.25) is 0 Å². The number of allylic oxidation sites excluding steroid dienone is 2. The Bertz CT molecular complexity index is 359. The van der Waals surface area contributed by atoms with Crippen LogP contribution in [0.15, 0.2) is 22.8 Å². The van der Waals surface area contributed by atoms with E-state index in [0.717, 1.165) is 12.8 Å². The second kappa shape index (κ2) is 5.16. The van der Waals surface area contributed by atoms with E-state index in [1.54, 1.807) is 0 Å². The van der Waals surface area contributed by atoms with Gasteiger partial charge in [0.25, 0.3) is 0 Å². The number of ether oxygens (including phenoxy) is 1. The number of hydrogen-bond acceptors (Lipinski definition) is 4. The van der Waals surface area contributed by atoms with E-state index in [9.17, 15) is 0 Å². The molecule has 1 aliphatic rings. The summed E-state index contributed by atoms with van der Waals surface area (Å²) in [6, 6.07) is 0. The van der Waals surface area contributed by atoms with Crippen molar-refractivity contribution in [3.63, 3.8) is 0 Å². The summed E-state index contributed by atoms with van der Waals surface area (Å²) in [4.78, 5) is 3.98. The predicted molar refractivity (Wildman–Crippen MR) is 58.9 cm³/mol. The molecule has 88 valence electrons. The third kappa shape index (κ3) is 2.64. The zero-order chi connectivity index (χ0) is 11.4. The third-order valence-corrected chi connectivity index (χ3v) is 3.03. The van der Waals surface area contributed by atoms with Crippen LogP contribution in [-0.4, -0.2) is 16.7 Å². The maximum Gasteiger partial charge on any atom is 0.393 e. The van der Waals surface area contributed by atoms with Crippen LogP contribution in [0.4, 0.5) is 0 Å². The van der Waals surface area contributed by atoms with E-state index in [-0.39, 0.29) is 12.7 Å². The fourth-order valence-electron chi connectivity index (χ4n) is 1.84. The van der Waals surface area contributed by atoms with Gasteiger partial charge in [-0.15, -0.1) is 0 Å². The Morgan fingerprint density at radius 2 is 2.31 bits per heavy atom. The summed E-state index contributed by atoms with van der Waals surface area (Å²) >= 11 is 0. The van der Waals surface area contributed by atoms with Crippen LogP contribution < -0.4 is 4.74 Å². The second-order valence-electron chi connectivity index (χ2n) is 4.25. The molecular weight excluding hydrogens is 206 g/mol. The zero-order valence-corrected chi connectivity index (χ0v) is 9.43. The van der Waals surface area contributed by atoms with Crippen LogP contribution in [0.2, 0.25) is 0 Å². The lowest BCUT2D eigenvalue weighted by atomic mass is 9.85. The second-order valence-corrected chi connectivity index (χ2v) is 4.25. The molecule has 1 heterocycles. The molecule has 1 aromatic rings. The van der Waals surface area contributed by atoms with E-state index in [0.29, 0.717) is 24.1 Å². The predicted octanol–water partition coefficient (Wildman–Crippen LogP) is 2.15. The fourth-order valence-corrected chi connectivity index (χ4v) is 1.84. The Hall–Kier alpha value is -1.29. The minimum Gasteiger partial charge on any atom is -0.450 e. The molecule has 0 amide bonds. The van der Waals surface area contributed by atoms with Crippen LogP contribution in [0, 0.1) is 11.8 Å². The summed E-state index contributed by atoms with van der Waals surface area (Å²) < 4.78 is 10.5. The Labute approximate surface area is 94.9 Å². The molecular formula is C12H17NO3. The first-order chi connectivity index (χ1) is 7.79. The van der Waals surface area contributed by atoms with Gasteiger partial charge in [-0.25, -0.2) is 0 Å². The number of aliphatic hydroxyl groups excluding tert-OH is 1. The van der Waals surface area contributed by atoms with Crippen LogP contribution in [-0.2, 0) is 6.61 Å². The van der Waals surface area contributed by atoms with E-state index in [1.807, 2.05) is 0 Å². The highest BCUT2D eigenvalue weighted by Crippen LogP contribution is 2.25. The molecule has 1 aromatic heterocycles. The van der Waals surface area contributed by atoms with Crippen molar-refractivity contribution in [3.05, 3.63) is 24.1 Å². The standard InChI is InChI=1S/C12H17NO3/c1-9-4-2-3-5-10(9)7-15-12-13-11(6-14)8-16-12/h2-3,8-10,14H,4-7H2,1H3. The van der Waals surface area contributed by atoms with Gasteiger partial charge >= 0.3 is 6.08 Å². The molecule has 0 saturated heterocycles. The average Bonchev–Trinajstić information content (AvgIpc) is 2.76. The monoisotopic (exact) mass is 223 g/mol. The van der Waals surface area contributed by atoms with Crippen molar-refractivity contribution in [2.75, 3.05) is 6.61 Å². The first kappa shape index (κ1) is 11.2. The van der Waals surface area contributed by atoms with Gasteiger partial charge in [0, 0.05) is 0 Å². The summed E-state index contributed by atoms with van der Waals surface area (Å²) in [5, 5.41) is 8.82. The molecule has 2 rings (SSSR count).